The molecule has 0 aliphatic carbocycles. The third-order valence-electron chi connectivity index (χ3n) is 4.25. The highest BCUT2D eigenvalue weighted by molar-refractivity contribution is 9.11. The average Bonchev–Trinajstić information content (AvgIpc) is 2.72. The molecule has 1 unspecified atom stereocenters. The molecule has 0 N–H and O–H groups in total. The lowest BCUT2D eigenvalue weighted by atomic mass is 10.0. The van der Waals surface area contributed by atoms with Gasteiger partial charge in [-0.2, -0.15) is 0 Å². The molecule has 108 valence electrons. The lowest BCUT2D eigenvalue weighted by molar-refractivity contribution is 0.0621. The third-order valence-corrected chi connectivity index (χ3v) is 5.26. The second-order valence-corrected chi connectivity index (χ2v) is 6.28. The van der Waals surface area contributed by atoms with E-state index in [-0.39, 0.29) is 6.04 Å². The van der Waals surface area contributed by atoms with Gasteiger partial charge in [-0.25, -0.2) is 5.01 Å². The molecule has 0 bridgehead atoms. The molecule has 2 aromatic carbocycles. The minimum absolute atomic E-state index is 0.264. The van der Waals surface area contributed by atoms with E-state index in [1.807, 2.05) is 6.07 Å². The van der Waals surface area contributed by atoms with Gasteiger partial charge < -0.3 is 5.01 Å². The Morgan fingerprint density at radius 2 is 1.43 bits per heavy atom. The molecule has 21 heavy (non-hydrogen) atoms. The SMILES string of the molecule is CC1=C(Br)C(c2ccc(-c3ccccc3)cc2)N(C)N1C. The molecule has 2 aromatic rings. The van der Waals surface area contributed by atoms with Crippen molar-refractivity contribution in [3.8, 4) is 11.1 Å². The molecule has 1 aliphatic heterocycles. The summed E-state index contributed by atoms with van der Waals surface area (Å²) in [4.78, 5) is 0. The zero-order valence-corrected chi connectivity index (χ0v) is 14.1. The van der Waals surface area contributed by atoms with Gasteiger partial charge in [-0.05, 0) is 23.6 Å². The van der Waals surface area contributed by atoms with E-state index >= 15 is 0 Å². The van der Waals surface area contributed by atoms with Gasteiger partial charge >= 0.3 is 0 Å². The maximum atomic E-state index is 3.75. The van der Waals surface area contributed by atoms with Gasteiger partial charge in [0.05, 0.1) is 6.04 Å². The Morgan fingerprint density at radius 1 is 0.857 bits per heavy atom. The minimum Gasteiger partial charge on any atom is -0.312 e. The molecule has 3 rings (SSSR count). The summed E-state index contributed by atoms with van der Waals surface area (Å²) in [7, 11) is 4.21. The third kappa shape index (κ3) is 2.52. The fourth-order valence-corrected chi connectivity index (χ4v) is 3.59. The van der Waals surface area contributed by atoms with E-state index in [2.05, 4.69) is 95.5 Å². The minimum atomic E-state index is 0.264. The Bertz CT molecular complexity index is 661. The van der Waals surface area contributed by atoms with E-state index in [1.165, 1.54) is 26.9 Å². The molecule has 0 radical (unpaired) electrons. The zero-order chi connectivity index (χ0) is 15.0. The van der Waals surface area contributed by atoms with Crippen molar-refractivity contribution in [2.24, 2.45) is 0 Å². The van der Waals surface area contributed by atoms with Crippen molar-refractivity contribution in [2.75, 3.05) is 14.1 Å². The standard InChI is InChI=1S/C18H19BrN2/c1-13-17(19)18(21(3)20(13)2)16-11-9-15(10-12-16)14-7-5-4-6-8-14/h4-12,18H,1-3H3. The molecule has 0 saturated carbocycles. The van der Waals surface area contributed by atoms with Crippen LogP contribution in [0.25, 0.3) is 11.1 Å². The van der Waals surface area contributed by atoms with Crippen LogP contribution in [0.1, 0.15) is 18.5 Å². The van der Waals surface area contributed by atoms with E-state index in [0.29, 0.717) is 0 Å². The van der Waals surface area contributed by atoms with Crippen molar-refractivity contribution >= 4 is 15.9 Å². The molecule has 0 aromatic heterocycles. The second-order valence-electron chi connectivity index (χ2n) is 5.42. The Morgan fingerprint density at radius 3 is 1.95 bits per heavy atom. The first-order valence-corrected chi connectivity index (χ1v) is 7.87. The van der Waals surface area contributed by atoms with Crippen LogP contribution in [0.4, 0.5) is 0 Å². The van der Waals surface area contributed by atoms with Crippen molar-refractivity contribution in [1.29, 1.82) is 0 Å². The highest BCUT2D eigenvalue weighted by atomic mass is 79.9. The lowest BCUT2D eigenvalue weighted by Crippen LogP contribution is -2.31. The van der Waals surface area contributed by atoms with E-state index in [9.17, 15) is 0 Å². The van der Waals surface area contributed by atoms with Crippen LogP contribution >= 0.6 is 15.9 Å². The summed E-state index contributed by atoms with van der Waals surface area (Å²) in [5.41, 5.74) is 5.07. The topological polar surface area (TPSA) is 6.48 Å². The largest absolute Gasteiger partial charge is 0.312 e. The molecular formula is C18H19BrN2. The predicted molar refractivity (Wildman–Crippen MR) is 91.8 cm³/mol. The molecule has 0 saturated heterocycles. The monoisotopic (exact) mass is 342 g/mol. The van der Waals surface area contributed by atoms with E-state index in [1.54, 1.807) is 0 Å². The first-order valence-electron chi connectivity index (χ1n) is 7.07. The quantitative estimate of drug-likeness (QED) is 0.772. The summed E-state index contributed by atoms with van der Waals surface area (Å²) in [6.45, 7) is 2.14. The summed E-state index contributed by atoms with van der Waals surface area (Å²) in [6.07, 6.45) is 0. The molecule has 0 amide bonds. The molecule has 0 fully saturated rings. The van der Waals surface area contributed by atoms with Gasteiger partial charge in [0.15, 0.2) is 0 Å². The van der Waals surface area contributed by atoms with Gasteiger partial charge in [0.2, 0.25) is 0 Å². The first-order chi connectivity index (χ1) is 10.1. The number of hydrazine groups is 1. The van der Waals surface area contributed by atoms with Gasteiger partial charge in [-0.3, -0.25) is 0 Å². The maximum Gasteiger partial charge on any atom is 0.0872 e. The fraction of sp³-hybridized carbons (Fsp3) is 0.222. The number of rotatable bonds is 2. The van der Waals surface area contributed by atoms with Crippen LogP contribution in [0.5, 0.6) is 0 Å². The molecule has 1 atom stereocenters. The van der Waals surface area contributed by atoms with Crippen LogP contribution in [0.2, 0.25) is 0 Å². The van der Waals surface area contributed by atoms with Gasteiger partial charge in [0.25, 0.3) is 0 Å². The Labute approximate surface area is 134 Å². The van der Waals surface area contributed by atoms with Crippen LogP contribution < -0.4 is 0 Å². The lowest BCUT2D eigenvalue weighted by Gasteiger charge is -2.28. The predicted octanol–water partition coefficient (Wildman–Crippen LogP) is 4.81. The van der Waals surface area contributed by atoms with E-state index in [0.717, 1.165) is 0 Å². The molecule has 0 spiro atoms. The van der Waals surface area contributed by atoms with Crippen molar-refractivity contribution in [2.45, 2.75) is 13.0 Å². The zero-order valence-electron chi connectivity index (χ0n) is 12.5. The molecule has 1 aliphatic rings. The number of benzene rings is 2. The van der Waals surface area contributed by atoms with Gasteiger partial charge in [0, 0.05) is 24.3 Å². The number of halogens is 1. The van der Waals surface area contributed by atoms with E-state index < -0.39 is 0 Å². The summed E-state index contributed by atoms with van der Waals surface area (Å²) >= 11 is 3.75. The Kier molecular flexibility index (Phi) is 3.87. The number of allylic oxidation sites excluding steroid dienone is 1. The van der Waals surface area contributed by atoms with Crippen LogP contribution in [-0.2, 0) is 0 Å². The number of hydrogen-bond acceptors (Lipinski definition) is 2. The van der Waals surface area contributed by atoms with Crippen LogP contribution in [0, 0.1) is 0 Å². The molecule has 2 nitrogen and oxygen atoms in total. The fourth-order valence-electron chi connectivity index (χ4n) is 2.78. The highest BCUT2D eigenvalue weighted by Crippen LogP contribution is 2.41. The van der Waals surface area contributed by atoms with Crippen molar-refractivity contribution in [3.05, 3.63) is 70.3 Å². The molecule has 1 heterocycles. The van der Waals surface area contributed by atoms with Crippen molar-refractivity contribution in [1.82, 2.24) is 10.0 Å². The number of likely N-dealkylation sites (N-methyl/N-ethyl adjacent to an activating group) is 1. The van der Waals surface area contributed by atoms with Crippen LogP contribution in [-0.4, -0.2) is 24.1 Å². The van der Waals surface area contributed by atoms with Crippen molar-refractivity contribution < 1.29 is 0 Å². The number of nitrogens with zero attached hydrogens (tertiary/aromatic N) is 2. The van der Waals surface area contributed by atoms with Crippen LogP contribution in [0.3, 0.4) is 0 Å². The summed E-state index contributed by atoms with van der Waals surface area (Å²) < 4.78 is 1.24. The normalized spacial score (nSPS) is 19.4. The summed E-state index contributed by atoms with van der Waals surface area (Å²) in [5, 5.41) is 4.43. The number of hydrogen-bond donors (Lipinski definition) is 0. The van der Waals surface area contributed by atoms with Crippen LogP contribution in [0.15, 0.2) is 64.8 Å². The highest BCUT2D eigenvalue weighted by Gasteiger charge is 2.31. The Hall–Kier alpha value is -1.58. The summed E-state index contributed by atoms with van der Waals surface area (Å²) in [6, 6.07) is 19.6. The molecule has 3 heteroatoms. The van der Waals surface area contributed by atoms with Gasteiger partial charge in [0.1, 0.15) is 0 Å². The molecular weight excluding hydrogens is 324 g/mol. The first kappa shape index (κ1) is 14.4. The van der Waals surface area contributed by atoms with Gasteiger partial charge in [-0.1, -0.05) is 70.5 Å². The maximum absolute atomic E-state index is 3.75. The smallest absolute Gasteiger partial charge is 0.0872 e. The average molecular weight is 343 g/mol. The van der Waals surface area contributed by atoms with E-state index in [4.69, 9.17) is 0 Å². The summed E-state index contributed by atoms with van der Waals surface area (Å²) in [5.74, 6) is 0. The second kappa shape index (κ2) is 5.66. The van der Waals surface area contributed by atoms with Crippen molar-refractivity contribution in [3.63, 3.8) is 0 Å². The Balaban J connectivity index is 1.92. The van der Waals surface area contributed by atoms with Gasteiger partial charge in [-0.15, -0.1) is 0 Å².